The molecule has 0 aromatic heterocycles. The molecule has 0 atom stereocenters. The number of rotatable bonds is 20. The summed E-state index contributed by atoms with van der Waals surface area (Å²) >= 11 is 0. The molecule has 0 saturated carbocycles. The highest BCUT2D eigenvalue weighted by molar-refractivity contribution is 7.87. The molecule has 92 heavy (non-hydrogen) atoms. The number of fused-ring (bicyclic) bond motifs is 4. The molecule has 0 amide bonds. The Morgan fingerprint density at radius 2 is 0.891 bits per heavy atom. The number of anilines is 2. The van der Waals surface area contributed by atoms with E-state index in [0.717, 1.165) is 49.8 Å². The van der Waals surface area contributed by atoms with E-state index in [1.165, 1.54) is 84.9 Å². The highest BCUT2D eigenvalue weighted by Crippen LogP contribution is 2.49. The topological polar surface area (TPSA) is 430 Å². The second kappa shape index (κ2) is 25.4. The number of azo groups is 4. The average molecular weight is 1340 g/mol. The molecule has 0 spiro atoms. The van der Waals surface area contributed by atoms with E-state index in [1.54, 1.807) is 36.4 Å². The van der Waals surface area contributed by atoms with Gasteiger partial charge in [0.1, 0.15) is 32.7 Å². The number of phenolic OH excluding ortho intramolecular Hbond substituents is 2. The number of hydrogen-bond acceptors (Lipinski definition) is 25. The fraction of sp³-hybridized carbons (Fsp3) is 0.100. The van der Waals surface area contributed by atoms with Gasteiger partial charge in [-0.15, -0.1) is 30.7 Å². The number of phenols is 2. The molecule has 0 aliphatic carbocycles. The minimum atomic E-state index is -4.81. The van der Waals surface area contributed by atoms with Gasteiger partial charge >= 0.3 is 0 Å². The number of aryl methyl sites for hydroxylation is 1. The first-order chi connectivity index (χ1) is 43.5. The zero-order valence-electron chi connectivity index (χ0n) is 48.3. The Morgan fingerprint density at radius 1 is 0.424 bits per heavy atom. The van der Waals surface area contributed by atoms with Crippen LogP contribution in [0.3, 0.4) is 0 Å². The molecule has 0 saturated heterocycles. The van der Waals surface area contributed by atoms with E-state index in [-0.39, 0.29) is 88.5 Å². The van der Waals surface area contributed by atoms with Crippen LogP contribution in [0.5, 0.6) is 11.5 Å². The third-order valence-electron chi connectivity index (χ3n) is 14.2. The van der Waals surface area contributed by atoms with Gasteiger partial charge in [-0.25, -0.2) is 0 Å². The molecule has 0 aliphatic heterocycles. The number of hydrogen-bond donors (Lipinski definition) is 6. The summed E-state index contributed by atoms with van der Waals surface area (Å²) in [6, 6.07) is 35.7. The normalized spacial score (nSPS) is 13.1. The lowest BCUT2D eigenvalue weighted by Gasteiger charge is -2.13. The molecule has 10 aromatic rings. The Hall–Kier alpha value is -9.87. The fourth-order valence-electron chi connectivity index (χ4n) is 9.80. The Balaban J connectivity index is 0.986. The Bertz CT molecular complexity index is 5500. The van der Waals surface area contributed by atoms with E-state index < -0.39 is 94.8 Å². The van der Waals surface area contributed by atoms with Gasteiger partial charge < -0.3 is 21.7 Å². The molecular formula is C60H50N10O17S5. The first-order valence-corrected chi connectivity index (χ1v) is 34.0. The SMILES string of the molecule is COS(=O)(=O)c1ccc2cccc(N=Nc3ccc(N)c4c(O)c(N=Nc5ccc(/C=C/c6ccc(N=Nc7c(CS(=O)(=O)O)cc8c(N=Nc9cccc%10ccc(C)cc9%10)ccc(N)c8c7O)cc6CS(=O)(=O)O)c(S(=O)(=O)OC)c5)c(S(=O)(=O)OC)cc34)c2c1. The predicted molar refractivity (Wildman–Crippen MR) is 344 cm³/mol. The Morgan fingerprint density at radius 3 is 1.46 bits per heavy atom. The number of nitrogen functional groups attached to an aromatic ring is 2. The molecule has 27 nitrogen and oxygen atoms in total. The first kappa shape index (κ1) is 65.1. The van der Waals surface area contributed by atoms with E-state index >= 15 is 0 Å². The second-order valence-corrected chi connectivity index (χ2v) is 28.2. The van der Waals surface area contributed by atoms with Crippen LogP contribution >= 0.6 is 0 Å². The molecule has 0 bridgehead atoms. The van der Waals surface area contributed by atoms with Crippen LogP contribution < -0.4 is 11.5 Å². The van der Waals surface area contributed by atoms with E-state index in [1.807, 2.05) is 31.2 Å². The predicted octanol–water partition coefficient (Wildman–Crippen LogP) is 13.8. The highest BCUT2D eigenvalue weighted by atomic mass is 32.2. The van der Waals surface area contributed by atoms with Crippen molar-refractivity contribution < 1.29 is 74.0 Å². The molecule has 0 fully saturated rings. The van der Waals surface area contributed by atoms with Crippen molar-refractivity contribution in [1.82, 2.24) is 0 Å². The van der Waals surface area contributed by atoms with Gasteiger partial charge in [-0.2, -0.15) is 52.3 Å². The monoisotopic (exact) mass is 1340 g/mol. The Kier molecular flexibility index (Phi) is 18.0. The maximum Gasteiger partial charge on any atom is 0.299 e. The van der Waals surface area contributed by atoms with Crippen molar-refractivity contribution in [3.8, 4) is 11.5 Å². The number of aromatic hydroxyl groups is 2. The quantitative estimate of drug-likeness (QED) is 0.0136. The smallest absolute Gasteiger partial charge is 0.299 e. The lowest BCUT2D eigenvalue weighted by Crippen LogP contribution is -2.05. The number of benzene rings is 10. The van der Waals surface area contributed by atoms with Crippen LogP contribution in [-0.4, -0.2) is 82.7 Å². The van der Waals surface area contributed by atoms with Gasteiger partial charge in [-0.3, -0.25) is 21.7 Å². The number of nitrogens with zero attached hydrogens (tertiary/aromatic N) is 8. The van der Waals surface area contributed by atoms with Crippen molar-refractivity contribution in [3.63, 3.8) is 0 Å². The summed E-state index contributed by atoms with van der Waals surface area (Å²) in [5.74, 6) is -3.59. The molecule has 0 radical (unpaired) electrons. The molecule has 0 unspecified atom stereocenters. The van der Waals surface area contributed by atoms with E-state index in [0.29, 0.717) is 16.5 Å². The minimum Gasteiger partial charge on any atom is -0.505 e. The molecule has 10 rings (SSSR count). The summed E-state index contributed by atoms with van der Waals surface area (Å²) in [6.07, 6.45) is 2.53. The standard InChI is InChI=1S/C60H50N10O17S5/c1-33-11-12-35-7-5-9-49(43(35)25-33)65-67-51-23-21-47(61)55-45(51)27-39(32-89(76,77)78)57(59(55)71)69-63-40-18-15-34(38(26-40)31-88(73,74)75)13-14-37-16-19-41(28-53(37)91(81,82)86-3)64-70-58-54(92(83,84)87-4)30-46-52(24-22-48(62)56(46)60(58)72)68-66-50-10-6-8-36-17-20-42(29-44(36)50)90(79,80)85-2/h5-30,71-72H,31-32,61-62H2,1-4H3,(H,73,74,75)(H,76,77,78)/b14-13+,67-65?,68-66?,69-63?,70-64?. The molecule has 0 heterocycles. The van der Waals surface area contributed by atoms with Crippen LogP contribution in [0.1, 0.15) is 27.8 Å². The third kappa shape index (κ3) is 13.9. The van der Waals surface area contributed by atoms with Crippen molar-refractivity contribution in [3.05, 3.63) is 173 Å². The lowest BCUT2D eigenvalue weighted by molar-refractivity contribution is 0.396. The molecule has 0 aliphatic rings. The van der Waals surface area contributed by atoms with Gasteiger partial charge in [0.05, 0.1) is 71.1 Å². The number of nitrogens with two attached hydrogens (primary N) is 2. The summed E-state index contributed by atoms with van der Waals surface area (Å²) in [5, 5.41) is 60.0. The summed E-state index contributed by atoms with van der Waals surface area (Å²) in [4.78, 5) is -1.45. The van der Waals surface area contributed by atoms with Crippen molar-refractivity contribution in [1.29, 1.82) is 0 Å². The van der Waals surface area contributed by atoms with Gasteiger partial charge in [-0.1, -0.05) is 72.3 Å². The maximum absolute atomic E-state index is 13.6. The maximum atomic E-state index is 13.6. The molecular weight excluding hydrogens is 1290 g/mol. The second-order valence-electron chi connectivity index (χ2n) is 20.2. The van der Waals surface area contributed by atoms with Gasteiger partial charge in [0.15, 0.2) is 11.5 Å². The Labute approximate surface area is 525 Å². The highest BCUT2D eigenvalue weighted by Gasteiger charge is 2.28. The van der Waals surface area contributed by atoms with Crippen LogP contribution in [0.4, 0.5) is 56.9 Å². The van der Waals surface area contributed by atoms with Crippen LogP contribution in [0.25, 0.3) is 55.2 Å². The van der Waals surface area contributed by atoms with Crippen molar-refractivity contribution in [2.24, 2.45) is 40.9 Å². The van der Waals surface area contributed by atoms with E-state index in [2.05, 4.69) is 45.1 Å². The van der Waals surface area contributed by atoms with Gasteiger partial charge in [0.2, 0.25) is 0 Å². The third-order valence-corrected chi connectivity index (χ3v) is 19.4. The fourth-order valence-corrected chi connectivity index (χ4v) is 13.4. The van der Waals surface area contributed by atoms with Gasteiger partial charge in [0, 0.05) is 38.5 Å². The zero-order chi connectivity index (χ0) is 66.2. The van der Waals surface area contributed by atoms with Crippen LogP contribution in [0.2, 0.25) is 0 Å². The van der Waals surface area contributed by atoms with Crippen LogP contribution in [-0.2, 0) is 74.6 Å². The van der Waals surface area contributed by atoms with Crippen LogP contribution in [0.15, 0.2) is 201 Å². The summed E-state index contributed by atoms with van der Waals surface area (Å²) in [6.45, 7) is 1.92. The van der Waals surface area contributed by atoms with Crippen molar-refractivity contribution in [2.45, 2.75) is 33.1 Å². The van der Waals surface area contributed by atoms with Gasteiger partial charge in [0.25, 0.3) is 50.6 Å². The largest absolute Gasteiger partial charge is 0.505 e. The zero-order valence-corrected chi connectivity index (χ0v) is 52.4. The van der Waals surface area contributed by atoms with E-state index in [4.69, 9.17) is 19.8 Å². The van der Waals surface area contributed by atoms with E-state index in [9.17, 15) is 61.4 Å². The first-order valence-electron chi connectivity index (χ1n) is 26.6. The molecule has 32 heteroatoms. The van der Waals surface area contributed by atoms with Gasteiger partial charge in [-0.05, 0) is 125 Å². The minimum absolute atomic E-state index is 0.0142. The van der Waals surface area contributed by atoms with Crippen molar-refractivity contribution in [2.75, 3.05) is 32.8 Å². The summed E-state index contributed by atoms with van der Waals surface area (Å²) in [7, 11) is -20.4. The average Bonchev–Trinajstić information content (AvgIpc) is 0.764. The lowest BCUT2D eigenvalue weighted by atomic mass is 10.0. The van der Waals surface area contributed by atoms with Crippen LogP contribution in [0, 0.1) is 6.92 Å². The summed E-state index contributed by atoms with van der Waals surface area (Å²) < 4.78 is 163. The molecule has 472 valence electrons. The molecule has 10 aromatic carbocycles. The van der Waals surface area contributed by atoms with Crippen molar-refractivity contribution >= 4 is 163 Å². The summed E-state index contributed by atoms with van der Waals surface area (Å²) in [5.41, 5.74) is 12.5. The molecule has 8 N–H and O–H groups in total.